The minimum atomic E-state index is -0.457. The summed E-state index contributed by atoms with van der Waals surface area (Å²) in [5.41, 5.74) is 8.62. The molecule has 1 aliphatic rings. The maximum Gasteiger partial charge on any atom is 0.248 e. The number of anilines is 1. The van der Waals surface area contributed by atoms with Crippen LogP contribution in [0.25, 0.3) is 0 Å². The molecule has 3 rings (SSSR count). The molecule has 1 aromatic heterocycles. The Balaban J connectivity index is 2.07. The SMILES string of the molecule is Cc1nn(C)c2c1C(c1ccc(C(N)=O)cc1)CC(=O)N2. The third-order valence-corrected chi connectivity index (χ3v) is 3.86. The van der Waals surface area contributed by atoms with Crippen molar-refractivity contribution in [3.8, 4) is 0 Å². The first-order chi connectivity index (χ1) is 9.97. The van der Waals surface area contributed by atoms with Gasteiger partial charge in [0.15, 0.2) is 0 Å². The van der Waals surface area contributed by atoms with E-state index in [1.54, 1.807) is 16.8 Å². The van der Waals surface area contributed by atoms with E-state index in [1.165, 1.54) is 0 Å². The van der Waals surface area contributed by atoms with Crippen molar-refractivity contribution in [1.82, 2.24) is 9.78 Å². The second-order valence-electron chi connectivity index (χ2n) is 5.26. The number of aromatic nitrogens is 2. The summed E-state index contributed by atoms with van der Waals surface area (Å²) in [6.07, 6.45) is 0.370. The molecule has 6 nitrogen and oxygen atoms in total. The Bertz CT molecular complexity index is 731. The fourth-order valence-electron chi connectivity index (χ4n) is 2.87. The molecule has 0 radical (unpaired) electrons. The van der Waals surface area contributed by atoms with Gasteiger partial charge in [0, 0.05) is 30.5 Å². The fraction of sp³-hybridized carbons (Fsp3) is 0.267. The van der Waals surface area contributed by atoms with Crippen molar-refractivity contribution in [3.05, 3.63) is 46.6 Å². The minimum absolute atomic E-state index is 0.0329. The van der Waals surface area contributed by atoms with Crippen molar-refractivity contribution in [1.29, 1.82) is 0 Å². The van der Waals surface area contributed by atoms with Gasteiger partial charge >= 0.3 is 0 Å². The molecule has 1 unspecified atom stereocenters. The molecule has 108 valence electrons. The van der Waals surface area contributed by atoms with Crippen molar-refractivity contribution >= 4 is 17.6 Å². The third-order valence-electron chi connectivity index (χ3n) is 3.86. The number of hydrogen-bond donors (Lipinski definition) is 2. The van der Waals surface area contributed by atoms with Gasteiger partial charge in [0.1, 0.15) is 5.82 Å². The number of rotatable bonds is 2. The summed E-state index contributed by atoms with van der Waals surface area (Å²) in [4.78, 5) is 23.1. The number of fused-ring (bicyclic) bond motifs is 1. The van der Waals surface area contributed by atoms with E-state index >= 15 is 0 Å². The van der Waals surface area contributed by atoms with Crippen molar-refractivity contribution in [2.45, 2.75) is 19.3 Å². The second-order valence-corrected chi connectivity index (χ2v) is 5.26. The number of nitrogens with zero attached hydrogens (tertiary/aromatic N) is 2. The molecule has 2 aromatic rings. The molecule has 2 amide bonds. The maximum atomic E-state index is 11.9. The van der Waals surface area contributed by atoms with Crippen LogP contribution < -0.4 is 11.1 Å². The van der Waals surface area contributed by atoms with Crippen LogP contribution in [0.1, 0.15) is 39.5 Å². The second kappa shape index (κ2) is 4.73. The first kappa shape index (κ1) is 13.4. The first-order valence-corrected chi connectivity index (χ1v) is 6.70. The summed E-state index contributed by atoms with van der Waals surface area (Å²) >= 11 is 0. The van der Waals surface area contributed by atoms with Gasteiger partial charge in [-0.25, -0.2) is 0 Å². The molecule has 1 atom stereocenters. The van der Waals surface area contributed by atoms with E-state index in [2.05, 4.69) is 10.4 Å². The number of hydrogen-bond acceptors (Lipinski definition) is 3. The van der Waals surface area contributed by atoms with Crippen molar-refractivity contribution < 1.29 is 9.59 Å². The van der Waals surface area contributed by atoms with Gasteiger partial charge in [-0.1, -0.05) is 12.1 Å². The van der Waals surface area contributed by atoms with Crippen molar-refractivity contribution in [3.63, 3.8) is 0 Å². The zero-order valence-electron chi connectivity index (χ0n) is 11.9. The van der Waals surface area contributed by atoms with Gasteiger partial charge in [0.2, 0.25) is 11.8 Å². The average Bonchev–Trinajstić information content (AvgIpc) is 2.73. The normalized spacial score (nSPS) is 17.2. The summed E-state index contributed by atoms with van der Waals surface area (Å²) in [5.74, 6) is 0.202. The predicted octanol–water partition coefficient (Wildman–Crippen LogP) is 1.30. The van der Waals surface area contributed by atoms with E-state index in [0.717, 1.165) is 22.6 Å². The van der Waals surface area contributed by atoms with Crippen LogP contribution in [0, 0.1) is 6.92 Å². The molecule has 3 N–H and O–H groups in total. The highest BCUT2D eigenvalue weighted by atomic mass is 16.2. The average molecular weight is 284 g/mol. The number of nitrogens with two attached hydrogens (primary N) is 1. The molecule has 0 aliphatic carbocycles. The van der Waals surface area contributed by atoms with E-state index in [-0.39, 0.29) is 11.8 Å². The van der Waals surface area contributed by atoms with E-state index in [1.807, 2.05) is 26.1 Å². The van der Waals surface area contributed by atoms with E-state index in [0.29, 0.717) is 12.0 Å². The van der Waals surface area contributed by atoms with E-state index in [9.17, 15) is 9.59 Å². The van der Waals surface area contributed by atoms with E-state index in [4.69, 9.17) is 5.73 Å². The molecule has 1 aliphatic heterocycles. The van der Waals surface area contributed by atoms with Crippen LogP contribution >= 0.6 is 0 Å². The summed E-state index contributed by atoms with van der Waals surface area (Å²) in [6.45, 7) is 1.93. The Morgan fingerprint density at radius 1 is 1.38 bits per heavy atom. The monoisotopic (exact) mass is 284 g/mol. The Kier molecular flexibility index (Phi) is 3.01. The molecule has 21 heavy (non-hydrogen) atoms. The van der Waals surface area contributed by atoms with Crippen LogP contribution in [0.5, 0.6) is 0 Å². The lowest BCUT2D eigenvalue weighted by molar-refractivity contribution is -0.116. The number of nitrogens with one attached hydrogen (secondary N) is 1. The van der Waals surface area contributed by atoms with Crippen LogP contribution in [0.15, 0.2) is 24.3 Å². The quantitative estimate of drug-likeness (QED) is 0.871. The van der Waals surface area contributed by atoms with Gasteiger partial charge < -0.3 is 11.1 Å². The predicted molar refractivity (Wildman–Crippen MR) is 78.0 cm³/mol. The van der Waals surface area contributed by atoms with Crippen LogP contribution in [-0.4, -0.2) is 21.6 Å². The van der Waals surface area contributed by atoms with Gasteiger partial charge in [-0.3, -0.25) is 14.3 Å². The lowest BCUT2D eigenvalue weighted by Gasteiger charge is -2.24. The lowest BCUT2D eigenvalue weighted by atomic mass is 9.85. The fourth-order valence-corrected chi connectivity index (χ4v) is 2.87. The molecular formula is C15H16N4O2. The molecular weight excluding hydrogens is 268 g/mol. The van der Waals surface area contributed by atoms with Crippen molar-refractivity contribution in [2.75, 3.05) is 5.32 Å². The Hall–Kier alpha value is -2.63. The number of carbonyl (C=O) groups excluding carboxylic acids is 2. The summed E-state index contributed by atoms with van der Waals surface area (Å²) in [7, 11) is 1.81. The Morgan fingerprint density at radius 3 is 2.67 bits per heavy atom. The highest BCUT2D eigenvalue weighted by molar-refractivity contribution is 5.95. The molecule has 2 heterocycles. The van der Waals surface area contributed by atoms with Gasteiger partial charge in [0.05, 0.1) is 5.69 Å². The Morgan fingerprint density at radius 2 is 2.05 bits per heavy atom. The van der Waals surface area contributed by atoms with Crippen LogP contribution in [0.2, 0.25) is 0 Å². The highest BCUT2D eigenvalue weighted by Crippen LogP contribution is 2.38. The maximum absolute atomic E-state index is 11.9. The van der Waals surface area contributed by atoms with Gasteiger partial charge in [-0.2, -0.15) is 5.10 Å². The zero-order valence-corrected chi connectivity index (χ0v) is 11.9. The Labute approximate surface area is 121 Å². The third kappa shape index (κ3) is 2.18. The molecule has 0 saturated carbocycles. The largest absolute Gasteiger partial charge is 0.366 e. The molecule has 1 aromatic carbocycles. The summed E-state index contributed by atoms with van der Waals surface area (Å²) in [6, 6.07) is 7.07. The van der Waals surface area contributed by atoms with Crippen molar-refractivity contribution in [2.24, 2.45) is 12.8 Å². The molecule has 0 spiro atoms. The standard InChI is InChI=1S/C15H16N4O2/c1-8-13-11(7-12(20)17-15(13)19(2)18-8)9-3-5-10(6-4-9)14(16)21/h3-6,11H,7H2,1-2H3,(H2,16,21)(H,17,20). The van der Waals surface area contributed by atoms with Gasteiger partial charge in [-0.05, 0) is 24.6 Å². The van der Waals surface area contributed by atoms with Crippen LogP contribution in [0.4, 0.5) is 5.82 Å². The summed E-state index contributed by atoms with van der Waals surface area (Å²) < 4.78 is 1.69. The molecule has 0 saturated heterocycles. The zero-order chi connectivity index (χ0) is 15.1. The number of primary amides is 1. The van der Waals surface area contributed by atoms with Gasteiger partial charge in [-0.15, -0.1) is 0 Å². The molecule has 6 heteroatoms. The van der Waals surface area contributed by atoms with Crippen LogP contribution in [-0.2, 0) is 11.8 Å². The van der Waals surface area contributed by atoms with Gasteiger partial charge in [0.25, 0.3) is 0 Å². The number of amides is 2. The topological polar surface area (TPSA) is 90.0 Å². The minimum Gasteiger partial charge on any atom is -0.366 e. The molecule has 0 bridgehead atoms. The van der Waals surface area contributed by atoms with E-state index < -0.39 is 5.91 Å². The highest BCUT2D eigenvalue weighted by Gasteiger charge is 2.31. The van der Waals surface area contributed by atoms with Crippen LogP contribution in [0.3, 0.4) is 0 Å². The lowest BCUT2D eigenvalue weighted by Crippen LogP contribution is -2.24. The first-order valence-electron chi connectivity index (χ1n) is 6.70. The number of aryl methyl sites for hydroxylation is 2. The smallest absolute Gasteiger partial charge is 0.248 e. The number of carbonyl (C=O) groups is 2. The summed E-state index contributed by atoms with van der Waals surface area (Å²) in [5, 5.41) is 7.24. The number of benzene rings is 1. The molecule has 0 fully saturated rings.